The fraction of sp³-hybridized carbons (Fsp3) is 0.533. The molecule has 0 amide bonds. The van der Waals surface area contributed by atoms with E-state index >= 15 is 0 Å². The van der Waals surface area contributed by atoms with Crippen LogP contribution in [0.3, 0.4) is 0 Å². The van der Waals surface area contributed by atoms with Gasteiger partial charge in [-0.05, 0) is 36.8 Å². The number of benzene rings is 1. The van der Waals surface area contributed by atoms with E-state index in [4.69, 9.17) is 5.73 Å². The first-order valence-electron chi connectivity index (χ1n) is 6.76. The van der Waals surface area contributed by atoms with Gasteiger partial charge in [0.05, 0.1) is 6.54 Å². The molecule has 1 aromatic rings. The van der Waals surface area contributed by atoms with E-state index in [1.54, 1.807) is 0 Å². The van der Waals surface area contributed by atoms with Crippen LogP contribution in [0.4, 0.5) is 0 Å². The second-order valence-corrected chi connectivity index (χ2v) is 5.29. The Morgan fingerprint density at radius 1 is 1.44 bits per heavy atom. The number of guanidine groups is 1. The molecule has 1 unspecified atom stereocenters. The first kappa shape index (κ1) is 12.9. The van der Waals surface area contributed by atoms with Crippen molar-refractivity contribution >= 4 is 5.96 Å². The zero-order chi connectivity index (χ0) is 13.0. The molecule has 0 radical (unpaired) electrons. The molecule has 98 valence electrons. The summed E-state index contributed by atoms with van der Waals surface area (Å²) >= 11 is 0. The van der Waals surface area contributed by atoms with E-state index in [1.807, 2.05) is 0 Å². The van der Waals surface area contributed by atoms with Crippen molar-refractivity contribution in [2.45, 2.75) is 33.2 Å². The topological polar surface area (TPSA) is 41.6 Å². The molecule has 18 heavy (non-hydrogen) atoms. The van der Waals surface area contributed by atoms with E-state index in [9.17, 15) is 0 Å². The summed E-state index contributed by atoms with van der Waals surface area (Å²) in [6.07, 6.45) is 2.53. The molecule has 3 nitrogen and oxygen atoms in total. The minimum Gasteiger partial charge on any atom is -0.370 e. The van der Waals surface area contributed by atoms with Gasteiger partial charge in [0.25, 0.3) is 0 Å². The molecular formula is C15H23N3. The van der Waals surface area contributed by atoms with Gasteiger partial charge in [-0.1, -0.05) is 31.2 Å². The van der Waals surface area contributed by atoms with Crippen molar-refractivity contribution in [2.24, 2.45) is 16.6 Å². The molecule has 0 spiro atoms. The summed E-state index contributed by atoms with van der Waals surface area (Å²) in [5.74, 6) is 1.43. The molecule has 1 aliphatic rings. The van der Waals surface area contributed by atoms with Gasteiger partial charge in [-0.3, -0.25) is 0 Å². The summed E-state index contributed by atoms with van der Waals surface area (Å²) < 4.78 is 0. The second-order valence-electron chi connectivity index (χ2n) is 5.29. The average molecular weight is 245 g/mol. The molecular weight excluding hydrogens is 222 g/mol. The number of aryl methyl sites for hydroxylation is 1. The van der Waals surface area contributed by atoms with Crippen LogP contribution in [0.2, 0.25) is 0 Å². The van der Waals surface area contributed by atoms with Crippen molar-refractivity contribution in [3.63, 3.8) is 0 Å². The maximum atomic E-state index is 6.08. The van der Waals surface area contributed by atoms with E-state index in [1.165, 1.54) is 24.0 Å². The number of nitrogens with two attached hydrogens (primary N) is 1. The Kier molecular flexibility index (Phi) is 4.24. The molecule has 3 heteroatoms. The summed E-state index contributed by atoms with van der Waals surface area (Å²) in [5, 5.41) is 0. The highest BCUT2D eigenvalue weighted by molar-refractivity contribution is 5.78. The van der Waals surface area contributed by atoms with Gasteiger partial charge >= 0.3 is 0 Å². The lowest BCUT2D eigenvalue weighted by atomic mass is 10.0. The van der Waals surface area contributed by atoms with Gasteiger partial charge in [0.1, 0.15) is 0 Å². The zero-order valence-corrected chi connectivity index (χ0v) is 11.4. The number of nitrogens with zero attached hydrogens (tertiary/aromatic N) is 2. The highest BCUT2D eigenvalue weighted by Crippen LogP contribution is 2.15. The molecule has 0 saturated carbocycles. The van der Waals surface area contributed by atoms with Crippen LogP contribution in [0, 0.1) is 12.8 Å². The quantitative estimate of drug-likeness (QED) is 0.642. The molecule has 1 aliphatic heterocycles. The highest BCUT2D eigenvalue weighted by atomic mass is 15.3. The Morgan fingerprint density at radius 2 is 2.22 bits per heavy atom. The van der Waals surface area contributed by atoms with Gasteiger partial charge < -0.3 is 10.6 Å². The Balaban J connectivity index is 1.98. The van der Waals surface area contributed by atoms with Crippen molar-refractivity contribution < 1.29 is 0 Å². The largest absolute Gasteiger partial charge is 0.370 e. The van der Waals surface area contributed by atoms with Gasteiger partial charge in [0.15, 0.2) is 5.96 Å². The van der Waals surface area contributed by atoms with Crippen molar-refractivity contribution in [2.75, 3.05) is 13.1 Å². The minimum absolute atomic E-state index is 0.684. The normalized spacial score (nSPS) is 21.1. The molecule has 1 heterocycles. The predicted molar refractivity (Wildman–Crippen MR) is 76.5 cm³/mol. The maximum absolute atomic E-state index is 6.08. The SMILES string of the molecule is Cc1ccccc1CN=C(N)N1CCCC(C)C1. The molecule has 0 bridgehead atoms. The van der Waals surface area contributed by atoms with Crippen LogP contribution in [0.1, 0.15) is 30.9 Å². The maximum Gasteiger partial charge on any atom is 0.191 e. The van der Waals surface area contributed by atoms with Crippen molar-refractivity contribution in [1.82, 2.24) is 4.90 Å². The summed E-state index contributed by atoms with van der Waals surface area (Å²) in [6, 6.07) is 8.34. The van der Waals surface area contributed by atoms with Crippen LogP contribution in [0.25, 0.3) is 0 Å². The lowest BCUT2D eigenvalue weighted by Gasteiger charge is -2.31. The molecule has 1 saturated heterocycles. The van der Waals surface area contributed by atoms with Crippen LogP contribution >= 0.6 is 0 Å². The summed E-state index contributed by atoms with van der Waals surface area (Å²) in [5.41, 5.74) is 8.62. The predicted octanol–water partition coefficient (Wildman–Crippen LogP) is 2.54. The molecule has 2 N–H and O–H groups in total. The molecule has 1 aromatic carbocycles. The van der Waals surface area contributed by atoms with Crippen molar-refractivity contribution in [3.05, 3.63) is 35.4 Å². The third-order valence-corrected chi connectivity index (χ3v) is 3.65. The van der Waals surface area contributed by atoms with Crippen LogP contribution in [-0.2, 0) is 6.54 Å². The number of hydrogen-bond donors (Lipinski definition) is 1. The second kappa shape index (κ2) is 5.89. The average Bonchev–Trinajstić information content (AvgIpc) is 2.37. The van der Waals surface area contributed by atoms with E-state index < -0.39 is 0 Å². The first-order valence-corrected chi connectivity index (χ1v) is 6.76. The van der Waals surface area contributed by atoms with Crippen LogP contribution in [0.15, 0.2) is 29.3 Å². The summed E-state index contributed by atoms with van der Waals surface area (Å²) in [7, 11) is 0. The number of rotatable bonds is 2. The molecule has 0 aliphatic carbocycles. The van der Waals surface area contributed by atoms with E-state index in [0.717, 1.165) is 19.0 Å². The van der Waals surface area contributed by atoms with Crippen LogP contribution in [0.5, 0.6) is 0 Å². The van der Waals surface area contributed by atoms with Gasteiger partial charge in [-0.2, -0.15) is 0 Å². The number of aliphatic imine (C=N–C) groups is 1. The minimum atomic E-state index is 0.684. The Morgan fingerprint density at radius 3 is 2.94 bits per heavy atom. The molecule has 1 atom stereocenters. The molecule has 1 fully saturated rings. The third-order valence-electron chi connectivity index (χ3n) is 3.65. The van der Waals surface area contributed by atoms with Gasteiger partial charge in [0, 0.05) is 13.1 Å². The number of hydrogen-bond acceptors (Lipinski definition) is 1. The standard InChI is InChI=1S/C15H23N3/c1-12-6-5-9-18(11-12)15(16)17-10-14-8-4-3-7-13(14)2/h3-4,7-8,12H,5-6,9-11H2,1-2H3,(H2,16,17). The van der Waals surface area contributed by atoms with Gasteiger partial charge in [-0.15, -0.1) is 0 Å². The van der Waals surface area contributed by atoms with E-state index in [0.29, 0.717) is 12.5 Å². The zero-order valence-electron chi connectivity index (χ0n) is 11.4. The monoisotopic (exact) mass is 245 g/mol. The first-order chi connectivity index (χ1) is 8.66. The Bertz CT molecular complexity index is 426. The van der Waals surface area contributed by atoms with Crippen LogP contribution in [-0.4, -0.2) is 23.9 Å². The number of likely N-dealkylation sites (tertiary alicyclic amines) is 1. The lowest BCUT2D eigenvalue weighted by molar-refractivity contribution is 0.270. The number of piperidine rings is 1. The Hall–Kier alpha value is -1.51. The molecule has 0 aromatic heterocycles. The van der Waals surface area contributed by atoms with Gasteiger partial charge in [-0.25, -0.2) is 4.99 Å². The van der Waals surface area contributed by atoms with Crippen LogP contribution < -0.4 is 5.73 Å². The van der Waals surface area contributed by atoms with Crippen molar-refractivity contribution in [1.29, 1.82) is 0 Å². The summed E-state index contributed by atoms with van der Waals surface area (Å²) in [4.78, 5) is 6.75. The fourth-order valence-corrected chi connectivity index (χ4v) is 2.45. The smallest absolute Gasteiger partial charge is 0.191 e. The Labute approximate surface area is 110 Å². The molecule has 2 rings (SSSR count). The van der Waals surface area contributed by atoms with Crippen molar-refractivity contribution in [3.8, 4) is 0 Å². The fourth-order valence-electron chi connectivity index (χ4n) is 2.45. The van der Waals surface area contributed by atoms with Gasteiger partial charge in [0.2, 0.25) is 0 Å². The lowest BCUT2D eigenvalue weighted by Crippen LogP contribution is -2.43. The third kappa shape index (κ3) is 3.25. The summed E-state index contributed by atoms with van der Waals surface area (Å²) in [6.45, 7) is 7.17. The highest BCUT2D eigenvalue weighted by Gasteiger charge is 2.17. The van der Waals surface area contributed by atoms with E-state index in [-0.39, 0.29) is 0 Å². The van der Waals surface area contributed by atoms with E-state index in [2.05, 4.69) is 48.0 Å².